The van der Waals surface area contributed by atoms with Crippen molar-refractivity contribution in [2.45, 2.75) is 6.18 Å². The fourth-order valence-corrected chi connectivity index (χ4v) is 1.20. The summed E-state index contributed by atoms with van der Waals surface area (Å²) in [6.07, 6.45) is 0.0423. The summed E-state index contributed by atoms with van der Waals surface area (Å²) in [5, 5.41) is 8.29. The van der Waals surface area contributed by atoms with E-state index in [9.17, 15) is 18.0 Å². The smallest absolute Gasteiger partial charge is 0.416 e. The second kappa shape index (κ2) is 5.34. The number of aliphatic carboxylic acids is 1. The summed E-state index contributed by atoms with van der Waals surface area (Å²) in [7, 11) is 0. The van der Waals surface area contributed by atoms with Crippen molar-refractivity contribution in [3.63, 3.8) is 0 Å². The van der Waals surface area contributed by atoms with Crippen molar-refractivity contribution in [1.29, 1.82) is 0 Å². The van der Waals surface area contributed by atoms with Gasteiger partial charge in [-0.15, -0.1) is 0 Å². The van der Waals surface area contributed by atoms with Gasteiger partial charge in [0.2, 0.25) is 0 Å². The fourth-order valence-electron chi connectivity index (χ4n) is 1.20. The van der Waals surface area contributed by atoms with Crippen molar-refractivity contribution in [3.05, 3.63) is 53.6 Å². The lowest BCUT2D eigenvalue weighted by Crippen LogP contribution is -2.06. The number of alkyl halides is 3. The zero-order valence-corrected chi connectivity index (χ0v) is 8.61. The van der Waals surface area contributed by atoms with Gasteiger partial charge in [-0.3, -0.25) is 0 Å². The Bertz CT molecular complexity index is 459. The van der Waals surface area contributed by atoms with Gasteiger partial charge in [-0.25, -0.2) is 4.79 Å². The maximum Gasteiger partial charge on any atom is 0.416 e. The molecule has 0 aromatic heterocycles. The molecular formula is C12H9F3O2. The molecule has 0 atom stereocenters. The van der Waals surface area contributed by atoms with E-state index < -0.39 is 17.7 Å². The third-order valence-corrected chi connectivity index (χ3v) is 1.89. The van der Waals surface area contributed by atoms with Crippen LogP contribution in [0.1, 0.15) is 11.1 Å². The summed E-state index contributed by atoms with van der Waals surface area (Å²) in [5.41, 5.74) is -0.755. The highest BCUT2D eigenvalue weighted by atomic mass is 19.4. The predicted octanol–water partition coefficient (Wildman–Crippen LogP) is 3.36. The summed E-state index contributed by atoms with van der Waals surface area (Å²) >= 11 is 0. The molecule has 0 bridgehead atoms. The zero-order chi connectivity index (χ0) is 12.9. The van der Waals surface area contributed by atoms with Crippen LogP contribution in [0.25, 0.3) is 6.08 Å². The maximum atomic E-state index is 12.5. The fraction of sp³-hybridized carbons (Fsp3) is 0.0833. The highest BCUT2D eigenvalue weighted by Gasteiger charge is 2.32. The minimum atomic E-state index is -4.42. The van der Waals surface area contributed by atoms with Crippen LogP contribution in [0.3, 0.4) is 0 Å². The summed E-state index contributed by atoms with van der Waals surface area (Å²) < 4.78 is 37.6. The topological polar surface area (TPSA) is 37.3 Å². The Morgan fingerprint density at radius 2 is 1.82 bits per heavy atom. The van der Waals surface area contributed by atoms with Gasteiger partial charge in [0.05, 0.1) is 5.56 Å². The van der Waals surface area contributed by atoms with Crippen molar-refractivity contribution >= 4 is 12.0 Å². The Hall–Kier alpha value is -2.04. The second-order valence-electron chi connectivity index (χ2n) is 3.14. The zero-order valence-electron chi connectivity index (χ0n) is 8.61. The lowest BCUT2D eigenvalue weighted by atomic mass is 10.1. The number of hydrogen-bond acceptors (Lipinski definition) is 1. The van der Waals surface area contributed by atoms with Gasteiger partial charge < -0.3 is 5.11 Å². The highest BCUT2D eigenvalue weighted by Crippen LogP contribution is 2.32. The molecular weight excluding hydrogens is 233 g/mol. The number of benzene rings is 1. The molecule has 0 saturated carbocycles. The number of allylic oxidation sites excluding steroid dienone is 2. The molecule has 0 heterocycles. The van der Waals surface area contributed by atoms with Gasteiger partial charge in [-0.2, -0.15) is 13.2 Å². The van der Waals surface area contributed by atoms with Crippen molar-refractivity contribution in [2.75, 3.05) is 0 Å². The average molecular weight is 242 g/mol. The molecule has 0 radical (unpaired) electrons. The molecule has 0 aliphatic heterocycles. The van der Waals surface area contributed by atoms with Crippen LogP contribution < -0.4 is 0 Å². The first kappa shape index (κ1) is 13.0. The number of hydrogen-bond donors (Lipinski definition) is 1. The lowest BCUT2D eigenvalue weighted by molar-refractivity contribution is -0.137. The van der Waals surface area contributed by atoms with Crippen LogP contribution in [-0.4, -0.2) is 11.1 Å². The van der Waals surface area contributed by atoms with Gasteiger partial charge in [0, 0.05) is 6.08 Å². The third kappa shape index (κ3) is 4.14. The summed E-state index contributed by atoms with van der Waals surface area (Å²) in [6, 6.07) is 5.07. The molecule has 1 N–H and O–H groups in total. The number of carbonyl (C=O) groups is 1. The third-order valence-electron chi connectivity index (χ3n) is 1.89. The number of carboxylic acid groups (broad SMARTS) is 1. The van der Waals surface area contributed by atoms with Crippen LogP contribution in [-0.2, 0) is 11.0 Å². The first-order valence-electron chi connectivity index (χ1n) is 4.65. The lowest BCUT2D eigenvalue weighted by Gasteiger charge is -2.09. The number of halogens is 3. The Morgan fingerprint density at radius 3 is 2.41 bits per heavy atom. The van der Waals surface area contributed by atoms with E-state index in [0.717, 1.165) is 18.2 Å². The van der Waals surface area contributed by atoms with Gasteiger partial charge in [-0.05, 0) is 11.6 Å². The first-order valence-corrected chi connectivity index (χ1v) is 4.65. The van der Waals surface area contributed by atoms with Crippen LogP contribution >= 0.6 is 0 Å². The normalized spacial score (nSPS) is 12.4. The Labute approximate surface area is 95.7 Å². The molecule has 5 heteroatoms. The van der Waals surface area contributed by atoms with E-state index in [-0.39, 0.29) is 5.56 Å². The second-order valence-corrected chi connectivity index (χ2v) is 3.14. The molecule has 2 nitrogen and oxygen atoms in total. The van der Waals surface area contributed by atoms with Crippen LogP contribution in [0.5, 0.6) is 0 Å². The van der Waals surface area contributed by atoms with Gasteiger partial charge in [0.1, 0.15) is 0 Å². The van der Waals surface area contributed by atoms with E-state index in [1.54, 1.807) is 0 Å². The monoisotopic (exact) mass is 242 g/mol. The van der Waals surface area contributed by atoms with E-state index in [0.29, 0.717) is 0 Å². The van der Waals surface area contributed by atoms with Gasteiger partial charge in [-0.1, -0.05) is 36.4 Å². The van der Waals surface area contributed by atoms with Crippen molar-refractivity contribution in [2.24, 2.45) is 0 Å². The maximum absolute atomic E-state index is 12.5. The molecule has 0 unspecified atom stereocenters. The van der Waals surface area contributed by atoms with Crippen molar-refractivity contribution in [3.8, 4) is 0 Å². The molecule has 17 heavy (non-hydrogen) atoms. The van der Waals surface area contributed by atoms with E-state index in [4.69, 9.17) is 5.11 Å². The summed E-state index contributed by atoms with van der Waals surface area (Å²) in [6.45, 7) is 0. The SMILES string of the molecule is O=C(O)/C=C\C=C\c1ccccc1C(F)(F)F. The van der Waals surface area contributed by atoms with Crippen molar-refractivity contribution < 1.29 is 23.1 Å². The molecule has 1 aromatic carbocycles. The largest absolute Gasteiger partial charge is 0.478 e. The Kier molecular flexibility index (Phi) is 4.09. The van der Waals surface area contributed by atoms with E-state index >= 15 is 0 Å². The summed E-state index contributed by atoms with van der Waals surface area (Å²) in [4.78, 5) is 10.1. The molecule has 0 fully saturated rings. The number of rotatable bonds is 3. The minimum Gasteiger partial charge on any atom is -0.478 e. The summed E-state index contributed by atoms with van der Waals surface area (Å²) in [5.74, 6) is -1.15. The van der Waals surface area contributed by atoms with Gasteiger partial charge in [0.15, 0.2) is 0 Å². The Morgan fingerprint density at radius 1 is 1.18 bits per heavy atom. The molecule has 0 spiro atoms. The minimum absolute atomic E-state index is 0.00459. The Balaban J connectivity index is 2.95. The molecule has 0 aliphatic rings. The van der Waals surface area contributed by atoms with Crippen molar-refractivity contribution in [1.82, 2.24) is 0 Å². The highest BCUT2D eigenvalue weighted by molar-refractivity contribution is 5.80. The number of carboxylic acids is 1. The standard InChI is InChI=1S/C12H9F3O2/c13-12(14,15)10-7-3-1-5-9(10)6-2-4-8-11(16)17/h1-8H,(H,16,17)/b6-2+,8-4-. The first-order chi connectivity index (χ1) is 7.91. The quantitative estimate of drug-likeness (QED) is 0.651. The van der Waals surface area contributed by atoms with Crippen LogP contribution in [0, 0.1) is 0 Å². The molecule has 1 rings (SSSR count). The molecule has 1 aromatic rings. The predicted molar refractivity (Wildman–Crippen MR) is 57.3 cm³/mol. The van der Waals surface area contributed by atoms with Gasteiger partial charge in [0.25, 0.3) is 0 Å². The van der Waals surface area contributed by atoms with E-state index in [1.807, 2.05) is 0 Å². The van der Waals surface area contributed by atoms with Crippen LogP contribution in [0.2, 0.25) is 0 Å². The molecule has 0 aliphatic carbocycles. The van der Waals surface area contributed by atoms with E-state index in [1.165, 1.54) is 30.4 Å². The van der Waals surface area contributed by atoms with Crippen LogP contribution in [0.4, 0.5) is 13.2 Å². The van der Waals surface area contributed by atoms with E-state index in [2.05, 4.69) is 0 Å². The van der Waals surface area contributed by atoms with Crippen LogP contribution in [0.15, 0.2) is 42.5 Å². The molecule has 0 saturated heterocycles. The van der Waals surface area contributed by atoms with Gasteiger partial charge >= 0.3 is 12.1 Å². The molecule has 90 valence electrons. The molecule has 0 amide bonds. The average Bonchev–Trinajstić information content (AvgIpc) is 2.23.